The molecule has 0 bridgehead atoms. The number of halogens is 2. The van der Waals surface area contributed by atoms with E-state index >= 15 is 0 Å². The highest BCUT2D eigenvalue weighted by molar-refractivity contribution is 9.10. The van der Waals surface area contributed by atoms with Crippen LogP contribution in [0, 0.1) is 0 Å². The standard InChI is InChI=1S/C12H14BrClN4O2S/c1-3-18(8-9-5-4-6-10(14)7-9)21(19,20)12-11(13)15-16-17(12)2/h4-7H,3,8H2,1-2H3. The highest BCUT2D eigenvalue weighted by atomic mass is 79.9. The van der Waals surface area contributed by atoms with Gasteiger partial charge in [0.2, 0.25) is 5.03 Å². The minimum atomic E-state index is -3.70. The molecule has 114 valence electrons. The van der Waals surface area contributed by atoms with E-state index in [1.807, 2.05) is 6.07 Å². The van der Waals surface area contributed by atoms with Gasteiger partial charge in [-0.25, -0.2) is 13.1 Å². The van der Waals surface area contributed by atoms with Crippen LogP contribution in [0.25, 0.3) is 0 Å². The molecule has 0 N–H and O–H groups in total. The number of rotatable bonds is 5. The van der Waals surface area contributed by atoms with E-state index in [0.717, 1.165) is 5.56 Å². The van der Waals surface area contributed by atoms with E-state index in [1.165, 1.54) is 16.0 Å². The summed E-state index contributed by atoms with van der Waals surface area (Å²) in [5.74, 6) is 0. The van der Waals surface area contributed by atoms with Crippen molar-refractivity contribution in [3.8, 4) is 0 Å². The molecule has 0 unspecified atom stereocenters. The van der Waals surface area contributed by atoms with E-state index in [9.17, 15) is 8.42 Å². The van der Waals surface area contributed by atoms with Crippen LogP contribution in [-0.2, 0) is 23.6 Å². The van der Waals surface area contributed by atoms with Crippen molar-refractivity contribution in [1.82, 2.24) is 19.3 Å². The highest BCUT2D eigenvalue weighted by Crippen LogP contribution is 2.24. The molecule has 0 aliphatic carbocycles. The van der Waals surface area contributed by atoms with Gasteiger partial charge in [0.15, 0.2) is 4.60 Å². The van der Waals surface area contributed by atoms with Gasteiger partial charge >= 0.3 is 0 Å². The van der Waals surface area contributed by atoms with E-state index < -0.39 is 10.0 Å². The van der Waals surface area contributed by atoms with Crippen molar-refractivity contribution in [3.63, 3.8) is 0 Å². The van der Waals surface area contributed by atoms with E-state index in [4.69, 9.17) is 11.6 Å². The molecule has 0 amide bonds. The molecule has 21 heavy (non-hydrogen) atoms. The summed E-state index contributed by atoms with van der Waals surface area (Å²) in [6.45, 7) is 2.34. The SMILES string of the molecule is CCN(Cc1cccc(Cl)c1)S(=O)(=O)c1c(Br)nnn1C. The zero-order valence-electron chi connectivity index (χ0n) is 11.5. The number of sulfonamides is 1. The van der Waals surface area contributed by atoms with Crippen LogP contribution in [0.15, 0.2) is 33.9 Å². The monoisotopic (exact) mass is 392 g/mol. The number of hydrogen-bond donors (Lipinski definition) is 0. The molecular weight excluding hydrogens is 380 g/mol. The average Bonchev–Trinajstić information content (AvgIpc) is 2.76. The third kappa shape index (κ3) is 3.45. The summed E-state index contributed by atoms with van der Waals surface area (Å²) < 4.78 is 28.2. The summed E-state index contributed by atoms with van der Waals surface area (Å²) >= 11 is 9.06. The topological polar surface area (TPSA) is 68.1 Å². The molecule has 0 aliphatic rings. The molecule has 0 saturated heterocycles. The van der Waals surface area contributed by atoms with E-state index in [0.29, 0.717) is 11.6 Å². The predicted octanol–water partition coefficient (Wildman–Crippen LogP) is 2.44. The molecule has 0 aliphatic heterocycles. The van der Waals surface area contributed by atoms with E-state index in [1.54, 1.807) is 25.1 Å². The number of benzene rings is 1. The lowest BCUT2D eigenvalue weighted by atomic mass is 10.2. The Hall–Kier alpha value is -0.960. The smallest absolute Gasteiger partial charge is 0.235 e. The molecule has 1 aromatic carbocycles. The van der Waals surface area contributed by atoms with Crippen molar-refractivity contribution in [1.29, 1.82) is 0 Å². The minimum Gasteiger partial charge on any atom is -0.235 e. The first kappa shape index (κ1) is 16.4. The predicted molar refractivity (Wildman–Crippen MR) is 83.4 cm³/mol. The lowest BCUT2D eigenvalue weighted by Gasteiger charge is -2.20. The number of nitrogens with zero attached hydrogens (tertiary/aromatic N) is 4. The van der Waals surface area contributed by atoms with Crippen LogP contribution < -0.4 is 0 Å². The minimum absolute atomic E-state index is 0.0337. The summed E-state index contributed by atoms with van der Waals surface area (Å²) in [4.78, 5) is 0. The normalized spacial score (nSPS) is 12.0. The van der Waals surface area contributed by atoms with Gasteiger partial charge in [0, 0.05) is 25.2 Å². The van der Waals surface area contributed by atoms with Crippen LogP contribution >= 0.6 is 27.5 Å². The van der Waals surface area contributed by atoms with Crippen molar-refractivity contribution >= 4 is 37.6 Å². The molecule has 0 atom stereocenters. The zero-order chi connectivity index (χ0) is 15.6. The highest BCUT2D eigenvalue weighted by Gasteiger charge is 2.30. The van der Waals surface area contributed by atoms with Gasteiger partial charge in [-0.15, -0.1) is 5.10 Å². The summed E-state index contributed by atoms with van der Waals surface area (Å²) in [7, 11) is -2.16. The number of aromatic nitrogens is 3. The van der Waals surface area contributed by atoms with Crippen LogP contribution in [0.3, 0.4) is 0 Å². The molecule has 0 saturated carbocycles. The molecule has 0 fully saturated rings. The third-order valence-corrected chi connectivity index (χ3v) is 5.97. The Labute approximate surface area is 136 Å². The molecule has 6 nitrogen and oxygen atoms in total. The fraction of sp³-hybridized carbons (Fsp3) is 0.333. The van der Waals surface area contributed by atoms with Crippen LogP contribution in [0.5, 0.6) is 0 Å². The van der Waals surface area contributed by atoms with Gasteiger partial charge in [-0.2, -0.15) is 4.31 Å². The van der Waals surface area contributed by atoms with Crippen LogP contribution in [0.4, 0.5) is 0 Å². The Morgan fingerprint density at radius 1 is 1.43 bits per heavy atom. The third-order valence-electron chi connectivity index (χ3n) is 2.92. The number of hydrogen-bond acceptors (Lipinski definition) is 4. The number of aryl methyl sites for hydroxylation is 1. The van der Waals surface area contributed by atoms with E-state index in [-0.39, 0.29) is 16.2 Å². The molecule has 2 aromatic rings. The second-order valence-electron chi connectivity index (χ2n) is 4.37. The van der Waals surface area contributed by atoms with Crippen LogP contribution in [0.2, 0.25) is 5.02 Å². The quantitative estimate of drug-likeness (QED) is 0.782. The van der Waals surface area contributed by atoms with Gasteiger partial charge in [-0.1, -0.05) is 35.9 Å². The maximum absolute atomic E-state index is 12.7. The Balaban J connectivity index is 2.37. The Morgan fingerprint density at radius 2 is 2.14 bits per heavy atom. The largest absolute Gasteiger partial charge is 0.263 e. The summed E-state index contributed by atoms with van der Waals surface area (Å²) in [5.41, 5.74) is 0.819. The Kier molecular flexibility index (Phi) is 5.03. The zero-order valence-corrected chi connectivity index (χ0v) is 14.7. The average molecular weight is 394 g/mol. The van der Waals surface area contributed by atoms with Gasteiger partial charge < -0.3 is 0 Å². The molecule has 0 radical (unpaired) electrons. The second kappa shape index (κ2) is 6.43. The summed E-state index contributed by atoms with van der Waals surface area (Å²) in [5, 5.41) is 8.04. The fourth-order valence-corrected chi connectivity index (χ4v) is 4.61. The molecule has 2 rings (SSSR count). The summed E-state index contributed by atoms with van der Waals surface area (Å²) in [6, 6.07) is 7.12. The summed E-state index contributed by atoms with van der Waals surface area (Å²) in [6.07, 6.45) is 0. The van der Waals surface area contributed by atoms with Crippen molar-refractivity contribution < 1.29 is 8.42 Å². The molecule has 0 spiro atoms. The maximum Gasteiger partial charge on any atom is 0.263 e. The molecule has 9 heteroatoms. The fourth-order valence-electron chi connectivity index (χ4n) is 1.92. The second-order valence-corrected chi connectivity index (χ2v) is 7.41. The van der Waals surface area contributed by atoms with Gasteiger partial charge in [-0.3, -0.25) is 0 Å². The molecule has 1 aromatic heterocycles. The van der Waals surface area contributed by atoms with Crippen molar-refractivity contribution in [2.24, 2.45) is 7.05 Å². The van der Waals surface area contributed by atoms with Gasteiger partial charge in [0.25, 0.3) is 10.0 Å². The van der Waals surface area contributed by atoms with Crippen molar-refractivity contribution in [2.45, 2.75) is 18.5 Å². The first-order chi connectivity index (χ1) is 9.86. The van der Waals surface area contributed by atoms with Gasteiger partial charge in [0.05, 0.1) is 0 Å². The Morgan fingerprint density at radius 3 is 2.67 bits per heavy atom. The van der Waals surface area contributed by atoms with Crippen molar-refractivity contribution in [3.05, 3.63) is 39.5 Å². The first-order valence-electron chi connectivity index (χ1n) is 6.16. The molecular formula is C12H14BrClN4O2S. The lowest BCUT2D eigenvalue weighted by molar-refractivity contribution is 0.416. The molecule has 1 heterocycles. The van der Waals surface area contributed by atoms with Crippen molar-refractivity contribution in [2.75, 3.05) is 6.54 Å². The van der Waals surface area contributed by atoms with Gasteiger partial charge in [-0.05, 0) is 33.6 Å². The Bertz CT molecular complexity index is 728. The first-order valence-corrected chi connectivity index (χ1v) is 8.77. The van der Waals surface area contributed by atoms with Crippen LogP contribution in [-0.4, -0.2) is 34.3 Å². The van der Waals surface area contributed by atoms with E-state index in [2.05, 4.69) is 26.2 Å². The van der Waals surface area contributed by atoms with Gasteiger partial charge in [0.1, 0.15) is 0 Å². The maximum atomic E-state index is 12.7. The lowest BCUT2D eigenvalue weighted by Crippen LogP contribution is -2.32. The van der Waals surface area contributed by atoms with Crippen LogP contribution in [0.1, 0.15) is 12.5 Å².